The molecule has 0 spiro atoms. The number of halogens is 3. The van der Waals surface area contributed by atoms with Crippen LogP contribution in [0.5, 0.6) is 5.75 Å². The van der Waals surface area contributed by atoms with Crippen molar-refractivity contribution < 1.29 is 22.7 Å². The van der Waals surface area contributed by atoms with Gasteiger partial charge >= 0.3 is 6.18 Å². The predicted molar refractivity (Wildman–Crippen MR) is 94.1 cm³/mol. The molecule has 1 amide bonds. The smallest absolute Gasteiger partial charge is 0.419 e. The average Bonchev–Trinajstić information content (AvgIpc) is 2.86. The Bertz CT molecular complexity index is 578. The normalized spacial score (nSPS) is 16.4. The molecule has 1 heterocycles. The van der Waals surface area contributed by atoms with Gasteiger partial charge in [-0.2, -0.15) is 13.2 Å². The molecule has 4 nitrogen and oxygen atoms in total. The fourth-order valence-electron chi connectivity index (χ4n) is 3.11. The van der Waals surface area contributed by atoms with Gasteiger partial charge in [0, 0.05) is 26.1 Å². The highest BCUT2D eigenvalue weighted by atomic mass is 19.4. The number of hydrogen-bond acceptors (Lipinski definition) is 3. The van der Waals surface area contributed by atoms with E-state index >= 15 is 0 Å². The highest BCUT2D eigenvalue weighted by Crippen LogP contribution is 2.35. The van der Waals surface area contributed by atoms with Crippen LogP contribution in [0.2, 0.25) is 0 Å². The topological polar surface area (TPSA) is 32.8 Å². The molecular weight excluding hydrogens is 345 g/mol. The Kier molecular flexibility index (Phi) is 7.75. The number of carbonyl (C=O) groups excluding carboxylic acids is 1. The zero-order valence-corrected chi connectivity index (χ0v) is 15.2. The molecule has 0 aliphatic carbocycles. The molecule has 0 bridgehead atoms. The molecule has 7 heteroatoms. The van der Waals surface area contributed by atoms with Crippen LogP contribution < -0.4 is 4.74 Å². The maximum atomic E-state index is 12.9. The number of nitrogens with zero attached hydrogens (tertiary/aromatic N) is 2. The van der Waals surface area contributed by atoms with Gasteiger partial charge < -0.3 is 14.5 Å². The molecule has 0 aromatic heterocycles. The first-order valence-corrected chi connectivity index (χ1v) is 9.21. The van der Waals surface area contributed by atoms with E-state index in [1.165, 1.54) is 12.1 Å². The standard InChI is InChI=1S/C19H27F3N2O2/c1-2-18(25)24-12-7-11-23(13-14-24)10-5-6-15-26-17-9-4-3-8-16(17)19(20,21)22/h3-4,8-9H,2,5-7,10-15H2,1H3. The molecule has 0 radical (unpaired) electrons. The quantitative estimate of drug-likeness (QED) is 0.683. The van der Waals surface area contributed by atoms with Gasteiger partial charge in [-0.1, -0.05) is 19.1 Å². The van der Waals surface area contributed by atoms with Gasteiger partial charge in [0.05, 0.1) is 12.2 Å². The van der Waals surface area contributed by atoms with Crippen LogP contribution in [-0.4, -0.2) is 55.0 Å². The number of amides is 1. The van der Waals surface area contributed by atoms with Crippen LogP contribution >= 0.6 is 0 Å². The Labute approximate surface area is 152 Å². The lowest BCUT2D eigenvalue weighted by Gasteiger charge is -2.21. The summed E-state index contributed by atoms with van der Waals surface area (Å²) in [7, 11) is 0. The van der Waals surface area contributed by atoms with E-state index in [-0.39, 0.29) is 18.3 Å². The number of rotatable bonds is 7. The van der Waals surface area contributed by atoms with Crippen LogP contribution in [0.1, 0.15) is 38.2 Å². The van der Waals surface area contributed by atoms with Crippen molar-refractivity contribution in [2.45, 2.75) is 38.8 Å². The van der Waals surface area contributed by atoms with Crippen LogP contribution in [0.25, 0.3) is 0 Å². The van der Waals surface area contributed by atoms with E-state index in [0.717, 1.165) is 51.6 Å². The zero-order valence-electron chi connectivity index (χ0n) is 15.2. The Morgan fingerprint density at radius 3 is 2.62 bits per heavy atom. The second-order valence-corrected chi connectivity index (χ2v) is 6.48. The molecule has 1 fully saturated rings. The Balaban J connectivity index is 1.69. The monoisotopic (exact) mass is 372 g/mol. The fourth-order valence-corrected chi connectivity index (χ4v) is 3.11. The number of ether oxygens (including phenoxy) is 1. The predicted octanol–water partition coefficient (Wildman–Crippen LogP) is 3.81. The average molecular weight is 372 g/mol. The summed E-state index contributed by atoms with van der Waals surface area (Å²) in [5.74, 6) is 0.0899. The molecular formula is C19H27F3N2O2. The largest absolute Gasteiger partial charge is 0.493 e. The van der Waals surface area contributed by atoms with Crippen LogP contribution in [0.15, 0.2) is 24.3 Å². The van der Waals surface area contributed by atoms with E-state index in [4.69, 9.17) is 4.74 Å². The van der Waals surface area contributed by atoms with Gasteiger partial charge in [0.25, 0.3) is 0 Å². The van der Waals surface area contributed by atoms with Crippen molar-refractivity contribution in [3.05, 3.63) is 29.8 Å². The molecule has 26 heavy (non-hydrogen) atoms. The molecule has 1 aliphatic heterocycles. The van der Waals surface area contributed by atoms with Crippen molar-refractivity contribution in [1.82, 2.24) is 9.80 Å². The molecule has 0 N–H and O–H groups in total. The number of carbonyl (C=O) groups is 1. The van der Waals surface area contributed by atoms with Gasteiger partial charge in [0.15, 0.2) is 0 Å². The minimum absolute atomic E-state index is 0.108. The third kappa shape index (κ3) is 6.20. The third-order valence-electron chi connectivity index (χ3n) is 4.56. The summed E-state index contributed by atoms with van der Waals surface area (Å²) in [4.78, 5) is 16.0. The van der Waals surface area contributed by atoms with Crippen LogP contribution in [0.4, 0.5) is 13.2 Å². The second-order valence-electron chi connectivity index (χ2n) is 6.48. The number of hydrogen-bond donors (Lipinski definition) is 0. The molecule has 0 atom stereocenters. The van der Waals surface area contributed by atoms with E-state index in [0.29, 0.717) is 12.8 Å². The maximum absolute atomic E-state index is 12.9. The van der Waals surface area contributed by atoms with Gasteiger partial charge in [0.1, 0.15) is 5.75 Å². The zero-order chi connectivity index (χ0) is 19.0. The van der Waals surface area contributed by atoms with Crippen molar-refractivity contribution >= 4 is 5.91 Å². The summed E-state index contributed by atoms with van der Waals surface area (Å²) in [5, 5.41) is 0. The van der Waals surface area contributed by atoms with Crippen molar-refractivity contribution in [2.75, 3.05) is 39.3 Å². The molecule has 0 saturated carbocycles. The van der Waals surface area contributed by atoms with Crippen molar-refractivity contribution in [1.29, 1.82) is 0 Å². The summed E-state index contributed by atoms with van der Waals surface area (Å²) in [5.41, 5.74) is -0.729. The summed E-state index contributed by atoms with van der Waals surface area (Å²) >= 11 is 0. The highest BCUT2D eigenvalue weighted by Gasteiger charge is 2.33. The number of benzene rings is 1. The first-order chi connectivity index (χ1) is 12.4. The lowest BCUT2D eigenvalue weighted by molar-refractivity contribution is -0.139. The van der Waals surface area contributed by atoms with E-state index in [1.807, 2.05) is 11.8 Å². The van der Waals surface area contributed by atoms with Gasteiger partial charge in [-0.3, -0.25) is 4.79 Å². The molecule has 1 aliphatic rings. The van der Waals surface area contributed by atoms with Crippen LogP contribution in [0, 0.1) is 0 Å². The van der Waals surface area contributed by atoms with E-state index < -0.39 is 11.7 Å². The summed E-state index contributed by atoms with van der Waals surface area (Å²) < 4.78 is 44.1. The SMILES string of the molecule is CCC(=O)N1CCCN(CCCCOc2ccccc2C(F)(F)F)CC1. The first-order valence-electron chi connectivity index (χ1n) is 9.21. The molecule has 1 saturated heterocycles. The van der Waals surface area contributed by atoms with Gasteiger partial charge in [0.2, 0.25) is 5.91 Å². The number of para-hydroxylation sites is 1. The molecule has 1 aromatic rings. The number of alkyl halides is 3. The summed E-state index contributed by atoms with van der Waals surface area (Å²) in [6.45, 7) is 6.37. The minimum Gasteiger partial charge on any atom is -0.493 e. The maximum Gasteiger partial charge on any atom is 0.419 e. The van der Waals surface area contributed by atoms with Crippen LogP contribution in [-0.2, 0) is 11.0 Å². The molecule has 0 unspecified atom stereocenters. The second kappa shape index (κ2) is 9.80. The van der Waals surface area contributed by atoms with Gasteiger partial charge in [-0.25, -0.2) is 0 Å². The lowest BCUT2D eigenvalue weighted by Crippen LogP contribution is -2.35. The summed E-state index contributed by atoms with van der Waals surface area (Å²) in [6, 6.07) is 5.31. The van der Waals surface area contributed by atoms with E-state index in [9.17, 15) is 18.0 Å². The van der Waals surface area contributed by atoms with Crippen LogP contribution in [0.3, 0.4) is 0 Å². The Morgan fingerprint density at radius 1 is 1.12 bits per heavy atom. The fraction of sp³-hybridized carbons (Fsp3) is 0.632. The van der Waals surface area contributed by atoms with Gasteiger partial charge in [-0.05, 0) is 44.5 Å². The summed E-state index contributed by atoms with van der Waals surface area (Å²) in [6.07, 6.45) is -1.35. The molecule has 2 rings (SSSR count). The van der Waals surface area contributed by atoms with E-state index in [2.05, 4.69) is 4.90 Å². The Morgan fingerprint density at radius 2 is 1.88 bits per heavy atom. The molecule has 146 valence electrons. The van der Waals surface area contributed by atoms with Crippen molar-refractivity contribution in [2.24, 2.45) is 0 Å². The Hall–Kier alpha value is -1.76. The molecule has 1 aromatic carbocycles. The minimum atomic E-state index is -4.40. The lowest BCUT2D eigenvalue weighted by atomic mass is 10.2. The van der Waals surface area contributed by atoms with Crippen molar-refractivity contribution in [3.8, 4) is 5.75 Å². The third-order valence-corrected chi connectivity index (χ3v) is 4.56. The van der Waals surface area contributed by atoms with E-state index in [1.54, 1.807) is 6.07 Å². The first kappa shape index (κ1) is 20.6. The van der Waals surface area contributed by atoms with Crippen molar-refractivity contribution in [3.63, 3.8) is 0 Å². The number of unbranched alkanes of at least 4 members (excludes halogenated alkanes) is 1. The van der Waals surface area contributed by atoms with Gasteiger partial charge in [-0.15, -0.1) is 0 Å². The highest BCUT2D eigenvalue weighted by molar-refractivity contribution is 5.75.